The van der Waals surface area contributed by atoms with Gasteiger partial charge in [-0.2, -0.15) is 0 Å². The normalized spacial score (nSPS) is 22.1. The molecule has 0 aromatic heterocycles. The van der Waals surface area contributed by atoms with E-state index in [-0.39, 0.29) is 11.9 Å². The van der Waals surface area contributed by atoms with Gasteiger partial charge in [0.2, 0.25) is 0 Å². The van der Waals surface area contributed by atoms with Crippen LogP contribution in [-0.2, 0) is 14.3 Å². The maximum atomic E-state index is 11.4. The molecule has 90 valence electrons. The van der Waals surface area contributed by atoms with E-state index >= 15 is 0 Å². The molecule has 0 saturated heterocycles. The Morgan fingerprint density at radius 1 is 1.69 bits per heavy atom. The minimum atomic E-state index is -1.03. The van der Waals surface area contributed by atoms with E-state index in [0.29, 0.717) is 31.4 Å². The predicted octanol–water partition coefficient (Wildman–Crippen LogP) is 0.688. The fraction of sp³-hybridized carbons (Fsp3) is 0.636. The zero-order valence-electron chi connectivity index (χ0n) is 9.31. The number of carbonyl (C=O) groups excluding carboxylic acids is 1. The van der Waals surface area contributed by atoms with Gasteiger partial charge in [0.25, 0.3) is 0 Å². The molecule has 0 spiro atoms. The summed E-state index contributed by atoms with van der Waals surface area (Å²) in [5.74, 6) is -1.38. The summed E-state index contributed by atoms with van der Waals surface area (Å²) in [5, 5.41) is 8.74. The molecule has 0 bridgehead atoms. The van der Waals surface area contributed by atoms with Crippen molar-refractivity contribution in [1.29, 1.82) is 0 Å². The summed E-state index contributed by atoms with van der Waals surface area (Å²) >= 11 is 0. The fourth-order valence-electron chi connectivity index (χ4n) is 1.77. The highest BCUT2D eigenvalue weighted by Gasteiger charge is 2.26. The summed E-state index contributed by atoms with van der Waals surface area (Å²) in [6.45, 7) is 2.14. The number of hydrogen-bond donors (Lipinski definition) is 2. The zero-order chi connectivity index (χ0) is 12.1. The first-order valence-corrected chi connectivity index (χ1v) is 5.40. The summed E-state index contributed by atoms with van der Waals surface area (Å²) in [6, 6.07) is -0.942. The van der Waals surface area contributed by atoms with Crippen LogP contribution in [-0.4, -0.2) is 29.7 Å². The molecule has 0 amide bonds. The first-order chi connectivity index (χ1) is 7.56. The third-order valence-electron chi connectivity index (χ3n) is 2.73. The Balaban J connectivity index is 2.54. The van der Waals surface area contributed by atoms with E-state index < -0.39 is 12.0 Å². The number of nitrogens with two attached hydrogens (primary N) is 1. The molecule has 0 aromatic rings. The minimum absolute atomic E-state index is 0.148. The highest BCUT2D eigenvalue weighted by molar-refractivity contribution is 5.77. The van der Waals surface area contributed by atoms with Gasteiger partial charge in [-0.05, 0) is 31.8 Å². The maximum Gasteiger partial charge on any atom is 0.324 e. The largest absolute Gasteiger partial charge is 0.480 e. The van der Waals surface area contributed by atoms with Crippen LogP contribution in [0.5, 0.6) is 0 Å². The molecule has 0 fully saturated rings. The number of hydrogen-bond acceptors (Lipinski definition) is 4. The van der Waals surface area contributed by atoms with Crippen LogP contribution in [0.2, 0.25) is 0 Å². The van der Waals surface area contributed by atoms with Gasteiger partial charge in [-0.15, -0.1) is 0 Å². The van der Waals surface area contributed by atoms with Crippen molar-refractivity contribution in [2.45, 2.75) is 32.2 Å². The van der Waals surface area contributed by atoms with Crippen molar-refractivity contribution >= 4 is 11.9 Å². The van der Waals surface area contributed by atoms with Gasteiger partial charge in [0, 0.05) is 0 Å². The number of carboxylic acid groups (broad SMARTS) is 1. The molecule has 0 radical (unpaired) electrons. The number of esters is 1. The summed E-state index contributed by atoms with van der Waals surface area (Å²) in [4.78, 5) is 22.1. The van der Waals surface area contributed by atoms with Crippen molar-refractivity contribution in [3.05, 3.63) is 11.6 Å². The van der Waals surface area contributed by atoms with Crippen molar-refractivity contribution in [3.63, 3.8) is 0 Å². The second kappa shape index (κ2) is 5.65. The highest BCUT2D eigenvalue weighted by atomic mass is 16.5. The number of aliphatic carboxylic acids is 1. The lowest BCUT2D eigenvalue weighted by Crippen LogP contribution is -2.34. The Kier molecular flexibility index (Phi) is 4.49. The molecule has 1 rings (SSSR count). The van der Waals surface area contributed by atoms with Gasteiger partial charge in [0.05, 0.1) is 12.5 Å². The Morgan fingerprint density at radius 2 is 2.38 bits per heavy atom. The molecule has 2 atom stereocenters. The quantitative estimate of drug-likeness (QED) is 0.544. The van der Waals surface area contributed by atoms with E-state index in [2.05, 4.69) is 0 Å². The van der Waals surface area contributed by atoms with Crippen LogP contribution in [0.4, 0.5) is 0 Å². The Morgan fingerprint density at radius 3 is 2.81 bits per heavy atom. The summed E-state index contributed by atoms with van der Waals surface area (Å²) < 4.78 is 4.91. The average molecular weight is 227 g/mol. The minimum Gasteiger partial charge on any atom is -0.480 e. The van der Waals surface area contributed by atoms with Gasteiger partial charge in [0.1, 0.15) is 6.04 Å². The number of rotatable bonds is 4. The lowest BCUT2D eigenvalue weighted by atomic mass is 9.87. The van der Waals surface area contributed by atoms with Gasteiger partial charge in [-0.3, -0.25) is 9.59 Å². The van der Waals surface area contributed by atoms with Crippen LogP contribution in [0, 0.1) is 5.92 Å². The lowest BCUT2D eigenvalue weighted by Gasteiger charge is -2.22. The topological polar surface area (TPSA) is 89.6 Å². The van der Waals surface area contributed by atoms with E-state index in [9.17, 15) is 9.59 Å². The van der Waals surface area contributed by atoms with Gasteiger partial charge in [-0.1, -0.05) is 6.08 Å². The first-order valence-electron chi connectivity index (χ1n) is 5.40. The molecule has 5 nitrogen and oxygen atoms in total. The van der Waals surface area contributed by atoms with Crippen LogP contribution < -0.4 is 5.73 Å². The van der Waals surface area contributed by atoms with Crippen LogP contribution >= 0.6 is 0 Å². The third kappa shape index (κ3) is 3.06. The van der Waals surface area contributed by atoms with Gasteiger partial charge >= 0.3 is 11.9 Å². The molecule has 2 unspecified atom stereocenters. The Hall–Kier alpha value is -1.36. The van der Waals surface area contributed by atoms with Crippen molar-refractivity contribution in [3.8, 4) is 0 Å². The number of carbonyl (C=O) groups is 2. The van der Waals surface area contributed by atoms with Crippen LogP contribution in [0.15, 0.2) is 11.6 Å². The summed E-state index contributed by atoms with van der Waals surface area (Å²) in [5.41, 5.74) is 6.19. The molecule has 16 heavy (non-hydrogen) atoms. The van der Waals surface area contributed by atoms with E-state index in [1.807, 2.05) is 0 Å². The second-order valence-electron chi connectivity index (χ2n) is 3.82. The first kappa shape index (κ1) is 12.7. The van der Waals surface area contributed by atoms with Crippen LogP contribution in [0.25, 0.3) is 0 Å². The average Bonchev–Trinajstić information content (AvgIpc) is 2.28. The number of carboxylic acids is 1. The monoisotopic (exact) mass is 227 g/mol. The molecule has 0 heterocycles. The molecule has 5 heteroatoms. The molecule has 0 saturated carbocycles. The standard InChI is InChI=1S/C11H17NO4/c1-2-16-11(15)8-5-3-7(4-6-8)9(12)10(13)14/h3,8-9H,2,4-6,12H2,1H3,(H,13,14). The summed E-state index contributed by atoms with van der Waals surface area (Å²) in [7, 11) is 0. The molecule has 3 N–H and O–H groups in total. The van der Waals surface area contributed by atoms with E-state index in [0.717, 1.165) is 0 Å². The van der Waals surface area contributed by atoms with Crippen molar-refractivity contribution < 1.29 is 19.4 Å². The highest BCUT2D eigenvalue weighted by Crippen LogP contribution is 2.26. The summed E-state index contributed by atoms with van der Waals surface area (Å²) in [6.07, 6.45) is 3.45. The second-order valence-corrected chi connectivity index (χ2v) is 3.82. The maximum absolute atomic E-state index is 11.4. The van der Waals surface area contributed by atoms with Gasteiger partial charge < -0.3 is 15.6 Å². The number of ether oxygens (including phenoxy) is 1. The van der Waals surface area contributed by atoms with Gasteiger partial charge in [-0.25, -0.2) is 0 Å². The molecular weight excluding hydrogens is 210 g/mol. The smallest absolute Gasteiger partial charge is 0.324 e. The predicted molar refractivity (Wildman–Crippen MR) is 57.7 cm³/mol. The Bertz CT molecular complexity index is 311. The van der Waals surface area contributed by atoms with E-state index in [1.54, 1.807) is 13.0 Å². The molecule has 0 aliphatic heterocycles. The third-order valence-corrected chi connectivity index (χ3v) is 2.73. The van der Waals surface area contributed by atoms with Gasteiger partial charge in [0.15, 0.2) is 0 Å². The lowest BCUT2D eigenvalue weighted by molar-refractivity contribution is -0.148. The van der Waals surface area contributed by atoms with Crippen molar-refractivity contribution in [2.24, 2.45) is 11.7 Å². The molecule has 1 aliphatic rings. The zero-order valence-corrected chi connectivity index (χ0v) is 9.31. The van der Waals surface area contributed by atoms with Crippen LogP contribution in [0.3, 0.4) is 0 Å². The SMILES string of the molecule is CCOC(=O)C1CC=C(C(N)C(=O)O)CC1. The number of allylic oxidation sites excluding steroid dienone is 1. The molecular formula is C11H17NO4. The van der Waals surface area contributed by atoms with Crippen molar-refractivity contribution in [2.75, 3.05) is 6.61 Å². The molecule has 1 aliphatic carbocycles. The van der Waals surface area contributed by atoms with Crippen molar-refractivity contribution in [1.82, 2.24) is 0 Å². The fourth-order valence-corrected chi connectivity index (χ4v) is 1.77. The van der Waals surface area contributed by atoms with E-state index in [1.165, 1.54) is 0 Å². The van der Waals surface area contributed by atoms with Crippen LogP contribution in [0.1, 0.15) is 26.2 Å². The van der Waals surface area contributed by atoms with E-state index in [4.69, 9.17) is 15.6 Å². The Labute approximate surface area is 94.3 Å². The molecule has 0 aromatic carbocycles.